The van der Waals surface area contributed by atoms with Crippen LogP contribution in [0.4, 0.5) is 75.9 Å². The first-order chi connectivity index (χ1) is 14.4. The summed E-state index contributed by atoms with van der Waals surface area (Å²) in [5.74, 6) is -55.1. The van der Waals surface area contributed by atoms with Gasteiger partial charge in [0.25, 0.3) is 0 Å². The summed E-state index contributed by atoms with van der Waals surface area (Å²) in [4.78, 5) is 0. The third-order valence-corrected chi connectivity index (χ3v) is 4.11. The summed E-state index contributed by atoms with van der Waals surface area (Å²) in [6.45, 7) is -2.73. The van der Waals surface area contributed by atoms with Crippen LogP contribution in [0.15, 0.2) is 24.3 Å². The lowest BCUT2D eigenvalue weighted by atomic mass is 9.89. The molecule has 0 fully saturated rings. The fraction of sp³-hybridized carbons (Fsp3) is 0.600. The van der Waals surface area contributed by atoms with Crippen LogP contribution >= 0.6 is 0 Å². The van der Waals surface area contributed by atoms with E-state index in [0.29, 0.717) is 12.1 Å². The molecule has 0 bridgehead atoms. The van der Waals surface area contributed by atoms with E-state index in [1.54, 1.807) is 0 Å². The molecule has 0 amide bonds. The van der Waals surface area contributed by atoms with E-state index < -0.39 is 65.9 Å². The van der Waals surface area contributed by atoms with Gasteiger partial charge in [-0.2, -0.15) is 61.5 Å². The average Bonchev–Trinajstić information content (AvgIpc) is 2.66. The van der Waals surface area contributed by atoms with Gasteiger partial charge in [-0.1, -0.05) is 0 Å². The van der Waals surface area contributed by atoms with E-state index in [9.17, 15) is 70.2 Å². The highest BCUT2D eigenvalue weighted by molar-refractivity contribution is 5.46. The Morgan fingerprint density at radius 2 is 0.970 bits per heavy atom. The number of benzene rings is 1. The number of rotatable bonds is 10. The number of anilines is 1. The summed E-state index contributed by atoms with van der Waals surface area (Å²) >= 11 is 0. The van der Waals surface area contributed by atoms with Crippen LogP contribution < -0.4 is 5.32 Å². The van der Waals surface area contributed by atoms with E-state index in [1.807, 2.05) is 0 Å². The summed E-state index contributed by atoms with van der Waals surface area (Å²) in [7, 11) is 0. The molecule has 0 aliphatic heterocycles. The molecule has 1 aromatic rings. The van der Waals surface area contributed by atoms with Crippen LogP contribution in [-0.4, -0.2) is 59.5 Å². The van der Waals surface area contributed by atoms with Gasteiger partial charge in [0.15, 0.2) is 0 Å². The van der Waals surface area contributed by atoms with Crippen LogP contribution in [0.5, 0.6) is 5.75 Å². The highest BCUT2D eigenvalue weighted by Crippen LogP contribution is 2.62. The first-order valence-corrected chi connectivity index (χ1v) is 7.87. The second kappa shape index (κ2) is 8.18. The second-order valence-electron chi connectivity index (χ2n) is 6.40. The zero-order valence-electron chi connectivity index (χ0n) is 15.1. The quantitative estimate of drug-likeness (QED) is 0.271. The Kier molecular flexibility index (Phi) is 7.12. The molecule has 0 saturated carbocycles. The molecule has 18 heteroatoms. The van der Waals surface area contributed by atoms with Crippen LogP contribution in [0.3, 0.4) is 0 Å². The Morgan fingerprint density at radius 1 is 0.606 bits per heavy atom. The van der Waals surface area contributed by atoms with Gasteiger partial charge in [0, 0.05) is 5.69 Å². The third kappa shape index (κ3) is 4.20. The summed E-state index contributed by atoms with van der Waals surface area (Å²) in [5.41, 5.74) is -0.646. The van der Waals surface area contributed by atoms with Crippen molar-refractivity contribution in [3.8, 4) is 5.75 Å². The fourth-order valence-electron chi connectivity index (χ4n) is 2.07. The predicted octanol–water partition coefficient (Wildman–Crippen LogP) is 6.52. The Morgan fingerprint density at radius 3 is 1.36 bits per heavy atom. The number of hydrogen-bond donors (Lipinski definition) is 2. The van der Waals surface area contributed by atoms with Gasteiger partial charge >= 0.3 is 47.9 Å². The molecule has 33 heavy (non-hydrogen) atoms. The molecule has 0 saturated heterocycles. The predicted molar refractivity (Wildman–Crippen MR) is 77.2 cm³/mol. The molecule has 1 aromatic carbocycles. The molecule has 192 valence electrons. The molecule has 0 spiro atoms. The number of phenols is 1. The van der Waals surface area contributed by atoms with Crippen molar-refractivity contribution >= 4 is 5.69 Å². The van der Waals surface area contributed by atoms with Gasteiger partial charge in [-0.15, -0.1) is 0 Å². The molecular formula is C15H9F16NO. The van der Waals surface area contributed by atoms with E-state index >= 15 is 0 Å². The lowest BCUT2D eigenvalue weighted by Crippen LogP contribution is -2.74. The molecule has 0 aliphatic rings. The van der Waals surface area contributed by atoms with Crippen LogP contribution in [0.2, 0.25) is 0 Å². The summed E-state index contributed by atoms with van der Waals surface area (Å²) in [5, 5.41) is 10.2. The maximum absolute atomic E-state index is 13.7. The van der Waals surface area contributed by atoms with Crippen molar-refractivity contribution in [2.24, 2.45) is 0 Å². The van der Waals surface area contributed by atoms with Gasteiger partial charge in [-0.05, 0) is 24.3 Å². The summed E-state index contributed by atoms with van der Waals surface area (Å²) in [6.07, 6.45) is -5.88. The minimum atomic E-state index is -8.41. The van der Waals surface area contributed by atoms with Crippen LogP contribution in [-0.2, 0) is 0 Å². The van der Waals surface area contributed by atoms with Gasteiger partial charge in [-0.25, -0.2) is 8.78 Å². The van der Waals surface area contributed by atoms with Gasteiger partial charge in [0.05, 0.1) is 6.54 Å². The molecular weight excluding hydrogens is 514 g/mol. The third-order valence-electron chi connectivity index (χ3n) is 4.11. The van der Waals surface area contributed by atoms with Crippen molar-refractivity contribution in [3.05, 3.63) is 24.3 Å². The minimum absolute atomic E-state index is 0.521. The van der Waals surface area contributed by atoms with E-state index in [0.717, 1.165) is 12.1 Å². The van der Waals surface area contributed by atoms with Crippen molar-refractivity contribution in [1.29, 1.82) is 0 Å². The maximum Gasteiger partial charge on any atom is 0.384 e. The second-order valence-corrected chi connectivity index (χ2v) is 6.40. The summed E-state index contributed by atoms with van der Waals surface area (Å²) in [6, 6.07) is 2.79. The number of hydrogen-bond acceptors (Lipinski definition) is 2. The van der Waals surface area contributed by atoms with Gasteiger partial charge in [0.2, 0.25) is 0 Å². The maximum atomic E-state index is 13.7. The lowest BCUT2D eigenvalue weighted by Gasteiger charge is -2.42. The zero-order valence-corrected chi connectivity index (χ0v) is 15.1. The number of halogens is 16. The normalized spacial score (nSPS) is 15.2. The average molecular weight is 523 g/mol. The molecule has 0 aliphatic carbocycles. The first-order valence-electron chi connectivity index (χ1n) is 7.87. The van der Waals surface area contributed by atoms with Crippen LogP contribution in [0.25, 0.3) is 0 Å². The molecule has 2 N–H and O–H groups in total. The van der Waals surface area contributed by atoms with Crippen molar-refractivity contribution in [1.82, 2.24) is 0 Å². The van der Waals surface area contributed by atoms with Crippen molar-refractivity contribution < 1.29 is 75.4 Å². The van der Waals surface area contributed by atoms with Crippen LogP contribution in [0, 0.1) is 0 Å². The van der Waals surface area contributed by atoms with E-state index in [4.69, 9.17) is 5.11 Å². The first kappa shape index (κ1) is 28.7. The summed E-state index contributed by atoms with van der Waals surface area (Å²) < 4.78 is 211. The molecule has 0 unspecified atom stereocenters. The SMILES string of the molecule is Oc1ccc(NCC(F)(F)C(F)(F)C(F)(F)C(F)(F)C(F)(F)C(F)(F)C(F)(F)C(F)F)cc1. The Labute approximate surface area is 172 Å². The Hall–Kier alpha value is -2.30. The van der Waals surface area contributed by atoms with Gasteiger partial charge in [-0.3, -0.25) is 0 Å². The molecule has 0 heterocycles. The fourth-order valence-corrected chi connectivity index (χ4v) is 2.07. The Bertz CT molecular complexity index is 820. The van der Waals surface area contributed by atoms with Crippen LogP contribution in [0.1, 0.15) is 0 Å². The van der Waals surface area contributed by atoms with E-state index in [1.165, 1.54) is 5.32 Å². The highest BCUT2D eigenvalue weighted by atomic mass is 19.4. The monoisotopic (exact) mass is 523 g/mol. The van der Waals surface area contributed by atoms with Gasteiger partial charge < -0.3 is 10.4 Å². The van der Waals surface area contributed by atoms with Crippen molar-refractivity contribution in [2.45, 2.75) is 47.9 Å². The minimum Gasteiger partial charge on any atom is -0.508 e. The smallest absolute Gasteiger partial charge is 0.384 e. The molecule has 2 nitrogen and oxygen atoms in total. The van der Waals surface area contributed by atoms with Gasteiger partial charge in [0.1, 0.15) is 5.75 Å². The lowest BCUT2D eigenvalue weighted by molar-refractivity contribution is -0.445. The number of phenolic OH excluding ortho intramolecular Hbond substituents is 1. The van der Waals surface area contributed by atoms with E-state index in [-0.39, 0.29) is 0 Å². The van der Waals surface area contributed by atoms with Crippen molar-refractivity contribution in [3.63, 3.8) is 0 Å². The zero-order chi connectivity index (χ0) is 26.5. The topological polar surface area (TPSA) is 32.3 Å². The van der Waals surface area contributed by atoms with Crippen molar-refractivity contribution in [2.75, 3.05) is 11.9 Å². The molecule has 0 aromatic heterocycles. The standard InChI is InChI=1S/C15H9F16NO/c16-8(17)10(20,21)12(24,25)14(28,29)15(30,31)13(26,27)11(22,23)9(18,19)5-32-6-1-3-7(33)4-2-6/h1-4,8,32-33H,5H2. The number of nitrogens with one attached hydrogen (secondary N) is 1. The largest absolute Gasteiger partial charge is 0.508 e. The Balaban J connectivity index is 3.40. The number of alkyl halides is 16. The molecule has 1 rings (SSSR count). The number of aromatic hydroxyl groups is 1. The highest BCUT2D eigenvalue weighted by Gasteiger charge is 2.93. The van der Waals surface area contributed by atoms with E-state index in [2.05, 4.69) is 0 Å². The molecule has 0 radical (unpaired) electrons. The molecule has 0 atom stereocenters.